The first-order valence-corrected chi connectivity index (χ1v) is 14.8. The molecule has 2 aromatic rings. The van der Waals surface area contributed by atoms with Crippen molar-refractivity contribution in [3.8, 4) is 0 Å². The molecule has 2 saturated heterocycles. The molecule has 208 valence electrons. The van der Waals surface area contributed by atoms with E-state index in [-0.39, 0.29) is 11.7 Å². The lowest BCUT2D eigenvalue weighted by atomic mass is 9.85. The topological polar surface area (TPSA) is 61.6 Å². The first kappa shape index (κ1) is 27.3. The summed E-state index contributed by atoms with van der Waals surface area (Å²) in [4.78, 5) is 17.2. The van der Waals surface area contributed by atoms with Crippen LogP contribution >= 0.6 is 0 Å². The maximum atomic E-state index is 14.2. The number of hydrogen-bond donors (Lipinski definition) is 1. The summed E-state index contributed by atoms with van der Waals surface area (Å²) < 4.78 is 16.4. The number of aryl methyl sites for hydroxylation is 2. The molecule has 1 N–H and O–H groups in total. The Morgan fingerprint density at radius 3 is 2.50 bits per heavy atom. The summed E-state index contributed by atoms with van der Waals surface area (Å²) in [5, 5.41) is 14.9. The zero-order chi connectivity index (χ0) is 26.9. The molecule has 38 heavy (non-hydrogen) atoms. The molecule has 2 aliphatic heterocycles. The maximum absolute atomic E-state index is 14.2. The van der Waals surface area contributed by atoms with Gasteiger partial charge in [-0.25, -0.2) is 4.39 Å². The average molecular weight is 525 g/mol. The number of halogens is 1. The van der Waals surface area contributed by atoms with Gasteiger partial charge < -0.3 is 14.9 Å². The van der Waals surface area contributed by atoms with Crippen molar-refractivity contribution in [2.75, 3.05) is 39.3 Å². The number of carboxylic acid groups (broad SMARTS) is 1. The van der Waals surface area contributed by atoms with E-state index in [1.165, 1.54) is 23.0 Å². The molecule has 6 nitrogen and oxygen atoms in total. The van der Waals surface area contributed by atoms with Crippen molar-refractivity contribution in [2.24, 2.45) is 11.3 Å². The Labute approximate surface area is 227 Å². The van der Waals surface area contributed by atoms with Crippen LogP contribution in [0.15, 0.2) is 24.3 Å². The molecule has 0 spiro atoms. The molecule has 3 heterocycles. The lowest BCUT2D eigenvalue weighted by molar-refractivity contribution is -0.149. The van der Waals surface area contributed by atoms with Crippen LogP contribution in [0, 0.1) is 24.1 Å². The lowest BCUT2D eigenvalue weighted by Crippen LogP contribution is -2.41. The number of aromatic nitrogens is 2. The van der Waals surface area contributed by atoms with Crippen LogP contribution in [0.5, 0.6) is 0 Å². The van der Waals surface area contributed by atoms with Gasteiger partial charge in [-0.15, -0.1) is 0 Å². The lowest BCUT2D eigenvalue weighted by Gasteiger charge is -2.35. The molecule has 3 aliphatic rings. The van der Waals surface area contributed by atoms with Gasteiger partial charge in [0.05, 0.1) is 11.1 Å². The van der Waals surface area contributed by atoms with Gasteiger partial charge in [0.2, 0.25) is 0 Å². The normalized spacial score (nSPS) is 24.8. The van der Waals surface area contributed by atoms with Gasteiger partial charge in [0.1, 0.15) is 5.82 Å². The molecule has 2 atom stereocenters. The standard InChI is InChI=1S/C31H45FN4O2/c1-4-28-22(3)29(36(5-2)33-28)23-11-15-34(16-12-23)18-25-19-35(21-31(30(37)38)13-6-7-14-31)20-27(25)24-9-8-10-26(32)17-24/h8-10,17,23,25,27H,4-7,11-16,18-21H2,1-3H3,(H,37,38)/t25-,27?/m0/s1. The molecule has 5 rings (SSSR count). The van der Waals surface area contributed by atoms with Gasteiger partial charge in [-0.1, -0.05) is 31.9 Å². The molecule has 1 aromatic carbocycles. The predicted octanol–water partition coefficient (Wildman–Crippen LogP) is 5.45. The molecule has 1 aromatic heterocycles. The molecule has 0 radical (unpaired) electrons. The molecule has 1 aliphatic carbocycles. The second kappa shape index (κ2) is 11.5. The molecule has 1 unspecified atom stereocenters. The molecule has 0 amide bonds. The van der Waals surface area contributed by atoms with Gasteiger partial charge in [-0.2, -0.15) is 5.10 Å². The Balaban J connectivity index is 1.28. The fraction of sp³-hybridized carbons (Fsp3) is 0.677. The number of hydrogen-bond acceptors (Lipinski definition) is 4. The van der Waals surface area contributed by atoms with Gasteiger partial charge in [-0.05, 0) is 88.2 Å². The van der Waals surface area contributed by atoms with E-state index in [1.807, 2.05) is 6.07 Å². The fourth-order valence-electron chi connectivity index (χ4n) is 7.74. The number of carboxylic acids is 1. The van der Waals surface area contributed by atoms with Crippen LogP contribution in [0.1, 0.15) is 86.7 Å². The number of piperidine rings is 1. The zero-order valence-electron chi connectivity index (χ0n) is 23.5. The van der Waals surface area contributed by atoms with E-state index < -0.39 is 11.4 Å². The second-order valence-electron chi connectivity index (χ2n) is 12.1. The van der Waals surface area contributed by atoms with E-state index in [1.54, 1.807) is 6.07 Å². The maximum Gasteiger partial charge on any atom is 0.310 e. The van der Waals surface area contributed by atoms with Gasteiger partial charge in [0.15, 0.2) is 0 Å². The van der Waals surface area contributed by atoms with Crippen molar-refractivity contribution in [1.29, 1.82) is 0 Å². The molecule has 3 fully saturated rings. The van der Waals surface area contributed by atoms with Crippen LogP contribution in [0.25, 0.3) is 0 Å². The number of likely N-dealkylation sites (tertiary alicyclic amines) is 2. The summed E-state index contributed by atoms with van der Waals surface area (Å²) >= 11 is 0. The van der Waals surface area contributed by atoms with Crippen molar-refractivity contribution in [1.82, 2.24) is 19.6 Å². The zero-order valence-corrected chi connectivity index (χ0v) is 23.5. The number of aliphatic carboxylic acids is 1. The Morgan fingerprint density at radius 2 is 1.87 bits per heavy atom. The first-order valence-electron chi connectivity index (χ1n) is 14.8. The van der Waals surface area contributed by atoms with E-state index in [2.05, 4.69) is 41.3 Å². The Kier molecular flexibility index (Phi) is 8.25. The van der Waals surface area contributed by atoms with Crippen molar-refractivity contribution in [2.45, 2.75) is 84.1 Å². The van der Waals surface area contributed by atoms with Crippen LogP contribution in [0.4, 0.5) is 4.39 Å². The van der Waals surface area contributed by atoms with Crippen molar-refractivity contribution >= 4 is 5.97 Å². The molecular formula is C31H45FN4O2. The predicted molar refractivity (Wildman–Crippen MR) is 148 cm³/mol. The van der Waals surface area contributed by atoms with E-state index in [4.69, 9.17) is 5.10 Å². The first-order chi connectivity index (χ1) is 18.3. The van der Waals surface area contributed by atoms with E-state index in [0.717, 1.165) is 89.8 Å². The Bertz CT molecular complexity index is 1120. The van der Waals surface area contributed by atoms with E-state index in [9.17, 15) is 14.3 Å². The molecular weight excluding hydrogens is 479 g/mol. The van der Waals surface area contributed by atoms with Crippen LogP contribution in [0.3, 0.4) is 0 Å². The van der Waals surface area contributed by atoms with Crippen molar-refractivity contribution in [3.63, 3.8) is 0 Å². The van der Waals surface area contributed by atoms with Crippen LogP contribution < -0.4 is 0 Å². The third kappa shape index (κ3) is 5.42. The smallest absolute Gasteiger partial charge is 0.310 e. The average Bonchev–Trinajstić information content (AvgIpc) is 3.62. The summed E-state index contributed by atoms with van der Waals surface area (Å²) in [6.45, 7) is 13.0. The number of carbonyl (C=O) groups is 1. The number of rotatable bonds is 9. The van der Waals surface area contributed by atoms with Gasteiger partial charge in [0.25, 0.3) is 0 Å². The van der Waals surface area contributed by atoms with Crippen LogP contribution in [-0.2, 0) is 17.8 Å². The van der Waals surface area contributed by atoms with E-state index >= 15 is 0 Å². The third-order valence-electron chi connectivity index (χ3n) is 9.77. The van der Waals surface area contributed by atoms with Gasteiger partial charge in [0, 0.05) is 50.3 Å². The minimum absolute atomic E-state index is 0.187. The number of nitrogens with zero attached hydrogens (tertiary/aromatic N) is 4. The highest BCUT2D eigenvalue weighted by atomic mass is 19.1. The van der Waals surface area contributed by atoms with Gasteiger partial charge in [-0.3, -0.25) is 9.48 Å². The summed E-state index contributed by atoms with van der Waals surface area (Å²) in [6.07, 6.45) is 6.81. The fourth-order valence-corrected chi connectivity index (χ4v) is 7.74. The van der Waals surface area contributed by atoms with Crippen molar-refractivity contribution < 1.29 is 14.3 Å². The SMILES string of the molecule is CCc1nn(CC)c(C2CCN(C[C@H]3CN(CC4(C(=O)O)CCCC4)CC3c3cccc(F)c3)CC2)c1C. The Morgan fingerprint density at radius 1 is 1.13 bits per heavy atom. The van der Waals surface area contributed by atoms with Crippen molar-refractivity contribution in [3.05, 3.63) is 52.6 Å². The van der Waals surface area contributed by atoms with Gasteiger partial charge >= 0.3 is 5.97 Å². The Hall–Kier alpha value is -2.25. The van der Waals surface area contributed by atoms with Crippen LogP contribution in [-0.4, -0.2) is 69.9 Å². The second-order valence-corrected chi connectivity index (χ2v) is 12.1. The minimum atomic E-state index is -0.643. The monoisotopic (exact) mass is 524 g/mol. The highest BCUT2D eigenvalue weighted by Crippen LogP contribution is 2.42. The molecule has 1 saturated carbocycles. The van der Waals surface area contributed by atoms with E-state index in [0.29, 0.717) is 18.4 Å². The van der Waals surface area contributed by atoms with Crippen LogP contribution in [0.2, 0.25) is 0 Å². The quantitative estimate of drug-likeness (QED) is 0.473. The highest BCUT2D eigenvalue weighted by Gasteiger charge is 2.45. The largest absolute Gasteiger partial charge is 0.481 e. The summed E-state index contributed by atoms with van der Waals surface area (Å²) in [6, 6.07) is 7.07. The summed E-state index contributed by atoms with van der Waals surface area (Å²) in [5.41, 5.74) is 4.48. The summed E-state index contributed by atoms with van der Waals surface area (Å²) in [5.74, 6) is 0.320. The molecule has 7 heteroatoms. The molecule has 0 bridgehead atoms. The minimum Gasteiger partial charge on any atom is -0.481 e. The highest BCUT2D eigenvalue weighted by molar-refractivity contribution is 5.75. The third-order valence-corrected chi connectivity index (χ3v) is 9.77. The number of benzene rings is 1. The summed E-state index contributed by atoms with van der Waals surface area (Å²) in [7, 11) is 0.